The Bertz CT molecular complexity index is 432. The van der Waals surface area contributed by atoms with Crippen molar-refractivity contribution in [3.8, 4) is 0 Å². The highest BCUT2D eigenvalue weighted by molar-refractivity contribution is 5.92. The molecule has 2 fully saturated rings. The van der Waals surface area contributed by atoms with Crippen molar-refractivity contribution in [3.05, 3.63) is 24.0 Å². The number of hydrogen-bond acceptors (Lipinski definition) is 3. The van der Waals surface area contributed by atoms with Crippen molar-refractivity contribution in [2.75, 3.05) is 12.3 Å². The van der Waals surface area contributed by atoms with Gasteiger partial charge in [-0.1, -0.05) is 0 Å². The lowest BCUT2D eigenvalue weighted by molar-refractivity contribution is 0.0937. The van der Waals surface area contributed by atoms with Crippen molar-refractivity contribution >= 4 is 11.6 Å². The Balaban J connectivity index is 1.58. The summed E-state index contributed by atoms with van der Waals surface area (Å²) in [6.45, 7) is 0.808. The highest BCUT2D eigenvalue weighted by atomic mass is 16.1. The fourth-order valence-corrected chi connectivity index (χ4v) is 2.47. The van der Waals surface area contributed by atoms with Gasteiger partial charge in [0.25, 0.3) is 5.91 Å². The molecule has 90 valence electrons. The topological polar surface area (TPSA) is 68.0 Å². The van der Waals surface area contributed by atoms with E-state index >= 15 is 0 Å². The summed E-state index contributed by atoms with van der Waals surface area (Å²) in [5.74, 6) is 0.777. The summed E-state index contributed by atoms with van der Waals surface area (Å²) in [6, 6.07) is 3.37. The highest BCUT2D eigenvalue weighted by Crippen LogP contribution is 2.60. The molecule has 1 heterocycles. The number of carbonyl (C=O) groups is 1. The van der Waals surface area contributed by atoms with Crippen molar-refractivity contribution < 1.29 is 4.79 Å². The molecule has 2 saturated carbocycles. The summed E-state index contributed by atoms with van der Waals surface area (Å²) in [4.78, 5) is 15.9. The van der Waals surface area contributed by atoms with E-state index < -0.39 is 0 Å². The Kier molecular flexibility index (Phi) is 2.31. The maximum absolute atomic E-state index is 11.9. The van der Waals surface area contributed by atoms with Crippen LogP contribution in [0.1, 0.15) is 36.2 Å². The minimum atomic E-state index is -0.0862. The van der Waals surface area contributed by atoms with Crippen LogP contribution < -0.4 is 11.1 Å². The van der Waals surface area contributed by atoms with Crippen molar-refractivity contribution in [3.63, 3.8) is 0 Å². The molecule has 0 aromatic carbocycles. The van der Waals surface area contributed by atoms with E-state index in [9.17, 15) is 4.79 Å². The third-order valence-corrected chi connectivity index (χ3v) is 3.96. The first kappa shape index (κ1) is 10.6. The van der Waals surface area contributed by atoms with Crippen LogP contribution in [0, 0.1) is 11.3 Å². The number of hydrogen-bond donors (Lipinski definition) is 2. The van der Waals surface area contributed by atoms with Gasteiger partial charge in [-0.05, 0) is 49.1 Å². The Labute approximate surface area is 101 Å². The lowest BCUT2D eigenvalue weighted by Crippen LogP contribution is -2.31. The van der Waals surface area contributed by atoms with Crippen LogP contribution in [0.15, 0.2) is 18.3 Å². The summed E-state index contributed by atoms with van der Waals surface area (Å²) in [6.07, 6.45) is 6.74. The lowest BCUT2D eigenvalue weighted by atomic mass is 10.0. The van der Waals surface area contributed by atoms with Gasteiger partial charge in [0, 0.05) is 6.54 Å². The average molecular weight is 231 g/mol. The van der Waals surface area contributed by atoms with Gasteiger partial charge in [0.05, 0.1) is 11.9 Å². The van der Waals surface area contributed by atoms with Crippen LogP contribution in [-0.2, 0) is 0 Å². The molecule has 1 aromatic heterocycles. The zero-order valence-electron chi connectivity index (χ0n) is 9.78. The van der Waals surface area contributed by atoms with Crippen LogP contribution in [0.4, 0.5) is 5.69 Å². The first-order valence-electron chi connectivity index (χ1n) is 6.19. The first-order chi connectivity index (χ1) is 8.20. The minimum Gasteiger partial charge on any atom is -0.397 e. The van der Waals surface area contributed by atoms with Gasteiger partial charge >= 0.3 is 0 Å². The van der Waals surface area contributed by atoms with Crippen LogP contribution in [0.3, 0.4) is 0 Å². The fourth-order valence-electron chi connectivity index (χ4n) is 2.47. The van der Waals surface area contributed by atoms with Crippen molar-refractivity contribution in [2.24, 2.45) is 11.3 Å². The molecule has 2 aliphatic rings. The summed E-state index contributed by atoms with van der Waals surface area (Å²) < 4.78 is 0. The van der Waals surface area contributed by atoms with Gasteiger partial charge in [0.15, 0.2) is 0 Å². The predicted octanol–water partition coefficient (Wildman–Crippen LogP) is 1.58. The molecule has 0 spiro atoms. The molecule has 17 heavy (non-hydrogen) atoms. The normalized spacial score (nSPS) is 20.9. The Morgan fingerprint density at radius 1 is 1.47 bits per heavy atom. The maximum atomic E-state index is 11.9. The number of anilines is 1. The van der Waals surface area contributed by atoms with Gasteiger partial charge < -0.3 is 11.1 Å². The number of aromatic nitrogens is 1. The smallest absolute Gasteiger partial charge is 0.269 e. The third kappa shape index (κ3) is 2.12. The number of nitrogens with zero attached hydrogens (tertiary/aromatic N) is 1. The van der Waals surface area contributed by atoms with E-state index in [2.05, 4.69) is 10.3 Å². The lowest BCUT2D eigenvalue weighted by Gasteiger charge is -2.14. The fraction of sp³-hybridized carbons (Fsp3) is 0.538. The molecule has 3 rings (SSSR count). The molecule has 0 atom stereocenters. The van der Waals surface area contributed by atoms with E-state index in [0.29, 0.717) is 16.8 Å². The third-order valence-electron chi connectivity index (χ3n) is 3.96. The Morgan fingerprint density at radius 3 is 2.76 bits per heavy atom. The van der Waals surface area contributed by atoms with E-state index in [-0.39, 0.29) is 5.91 Å². The van der Waals surface area contributed by atoms with Gasteiger partial charge in [-0.25, -0.2) is 4.98 Å². The molecule has 0 saturated heterocycles. The number of nitrogens with one attached hydrogen (secondary N) is 1. The maximum Gasteiger partial charge on any atom is 0.269 e. The monoisotopic (exact) mass is 231 g/mol. The molecule has 3 N–H and O–H groups in total. The molecular weight excluding hydrogens is 214 g/mol. The predicted molar refractivity (Wildman–Crippen MR) is 65.4 cm³/mol. The molecule has 4 heteroatoms. The zero-order valence-corrected chi connectivity index (χ0v) is 9.78. The molecule has 0 unspecified atom stereocenters. The molecule has 0 aliphatic heterocycles. The summed E-state index contributed by atoms with van der Waals surface area (Å²) >= 11 is 0. The molecular formula is C13H17N3O. The minimum absolute atomic E-state index is 0.0862. The van der Waals surface area contributed by atoms with Crippen LogP contribution in [0.2, 0.25) is 0 Å². The molecule has 1 aromatic rings. The number of amides is 1. The first-order valence-corrected chi connectivity index (χ1v) is 6.19. The van der Waals surface area contributed by atoms with Gasteiger partial charge in [0.2, 0.25) is 0 Å². The van der Waals surface area contributed by atoms with E-state index in [1.54, 1.807) is 12.1 Å². The molecule has 1 amide bonds. The summed E-state index contributed by atoms with van der Waals surface area (Å²) in [5, 5.41) is 3.00. The molecule has 2 aliphatic carbocycles. The average Bonchev–Trinajstić information content (AvgIpc) is 3.17. The molecule has 4 nitrogen and oxygen atoms in total. The van der Waals surface area contributed by atoms with E-state index in [4.69, 9.17) is 5.73 Å². The van der Waals surface area contributed by atoms with Crippen LogP contribution in [0.25, 0.3) is 0 Å². The number of pyridine rings is 1. The largest absolute Gasteiger partial charge is 0.397 e. The van der Waals surface area contributed by atoms with Gasteiger partial charge in [0.1, 0.15) is 5.69 Å². The van der Waals surface area contributed by atoms with E-state index in [1.807, 2.05) is 0 Å². The van der Waals surface area contributed by atoms with Crippen LogP contribution >= 0.6 is 0 Å². The van der Waals surface area contributed by atoms with Gasteiger partial charge in [-0.3, -0.25) is 4.79 Å². The highest BCUT2D eigenvalue weighted by Gasteiger charge is 2.53. The quantitative estimate of drug-likeness (QED) is 0.826. The second-order valence-electron chi connectivity index (χ2n) is 5.30. The Morgan fingerprint density at radius 2 is 2.24 bits per heavy atom. The number of nitrogen functional groups attached to an aromatic ring is 1. The number of nitrogens with two attached hydrogens (primary N) is 1. The second kappa shape index (κ2) is 3.72. The van der Waals surface area contributed by atoms with Gasteiger partial charge in [-0.15, -0.1) is 0 Å². The standard InChI is InChI=1S/C13H17N3O/c14-10-3-4-11(15-7-10)12(17)16-8-13(5-6-13)9-1-2-9/h3-4,7,9H,1-2,5-6,8,14H2,(H,16,17). The second-order valence-corrected chi connectivity index (χ2v) is 5.30. The Hall–Kier alpha value is -1.58. The number of carbonyl (C=O) groups excluding carboxylic acids is 1. The van der Waals surface area contributed by atoms with E-state index in [0.717, 1.165) is 12.5 Å². The molecule has 0 radical (unpaired) electrons. The zero-order chi connectivity index (χ0) is 11.9. The van der Waals surface area contributed by atoms with Crippen molar-refractivity contribution in [1.82, 2.24) is 10.3 Å². The molecule has 0 bridgehead atoms. The summed E-state index contributed by atoms with van der Waals surface area (Å²) in [7, 11) is 0. The number of rotatable bonds is 4. The van der Waals surface area contributed by atoms with Crippen LogP contribution in [0.5, 0.6) is 0 Å². The van der Waals surface area contributed by atoms with Gasteiger partial charge in [-0.2, -0.15) is 0 Å². The van der Waals surface area contributed by atoms with Crippen LogP contribution in [-0.4, -0.2) is 17.4 Å². The summed E-state index contributed by atoms with van der Waals surface area (Å²) in [5.41, 5.74) is 7.00. The SMILES string of the molecule is Nc1ccc(C(=O)NCC2(C3CC3)CC2)nc1. The van der Waals surface area contributed by atoms with E-state index in [1.165, 1.54) is 31.9 Å². The van der Waals surface area contributed by atoms with Crippen molar-refractivity contribution in [2.45, 2.75) is 25.7 Å². The van der Waals surface area contributed by atoms with Crippen molar-refractivity contribution in [1.29, 1.82) is 0 Å².